The molecular formula is C14H22IN. The van der Waals surface area contributed by atoms with Crippen molar-refractivity contribution in [3.63, 3.8) is 0 Å². The third-order valence-corrected chi connectivity index (χ3v) is 3.57. The van der Waals surface area contributed by atoms with Crippen molar-refractivity contribution >= 4 is 22.6 Å². The minimum Gasteiger partial charge on any atom is -0.310 e. The van der Waals surface area contributed by atoms with Crippen molar-refractivity contribution in [2.45, 2.75) is 45.6 Å². The fraction of sp³-hybridized carbons (Fsp3) is 0.571. The van der Waals surface area contributed by atoms with E-state index in [-0.39, 0.29) is 0 Å². The minimum atomic E-state index is 0.471. The molecule has 1 atom stereocenters. The Balaban J connectivity index is 2.24. The lowest BCUT2D eigenvalue weighted by Crippen LogP contribution is -2.19. The zero-order valence-corrected chi connectivity index (χ0v) is 12.5. The first-order valence-corrected chi connectivity index (χ1v) is 7.30. The zero-order chi connectivity index (χ0) is 11.8. The van der Waals surface area contributed by atoms with Gasteiger partial charge in [-0.1, -0.05) is 38.3 Å². The number of unbranched alkanes of at least 4 members (excludes halogenated alkanes) is 3. The number of rotatable bonds is 7. The van der Waals surface area contributed by atoms with Crippen molar-refractivity contribution < 1.29 is 0 Å². The molecular weight excluding hydrogens is 309 g/mol. The van der Waals surface area contributed by atoms with Crippen LogP contribution in [0.4, 0.5) is 0 Å². The highest BCUT2D eigenvalue weighted by molar-refractivity contribution is 14.1. The van der Waals surface area contributed by atoms with Gasteiger partial charge in [0.15, 0.2) is 0 Å². The van der Waals surface area contributed by atoms with Crippen molar-refractivity contribution in [3.8, 4) is 0 Å². The summed E-state index contributed by atoms with van der Waals surface area (Å²) in [7, 11) is 0. The molecule has 0 heterocycles. The van der Waals surface area contributed by atoms with Crippen molar-refractivity contribution in [2.75, 3.05) is 6.54 Å². The Morgan fingerprint density at radius 1 is 1.12 bits per heavy atom. The first kappa shape index (κ1) is 14.0. The number of nitrogens with one attached hydrogen (secondary N) is 1. The van der Waals surface area contributed by atoms with Crippen molar-refractivity contribution in [1.82, 2.24) is 5.32 Å². The molecule has 1 aromatic rings. The maximum Gasteiger partial charge on any atom is 0.0291 e. The Kier molecular flexibility index (Phi) is 7.05. The molecule has 0 aliphatic carbocycles. The average Bonchev–Trinajstić information content (AvgIpc) is 2.29. The van der Waals surface area contributed by atoms with Crippen molar-refractivity contribution in [3.05, 3.63) is 33.4 Å². The second kappa shape index (κ2) is 8.07. The van der Waals surface area contributed by atoms with Gasteiger partial charge in [0.25, 0.3) is 0 Å². The number of benzene rings is 1. The maximum absolute atomic E-state index is 3.57. The third-order valence-electron chi connectivity index (χ3n) is 2.85. The summed E-state index contributed by atoms with van der Waals surface area (Å²) in [6, 6.07) is 9.24. The summed E-state index contributed by atoms with van der Waals surface area (Å²) in [6.45, 7) is 5.62. The van der Waals surface area contributed by atoms with Crippen LogP contribution in [0.15, 0.2) is 24.3 Å². The van der Waals surface area contributed by atoms with Crippen LogP contribution in [0, 0.1) is 3.57 Å². The molecule has 0 bridgehead atoms. The quantitative estimate of drug-likeness (QED) is 0.572. The molecule has 16 heavy (non-hydrogen) atoms. The Morgan fingerprint density at radius 2 is 1.81 bits per heavy atom. The fourth-order valence-electron chi connectivity index (χ4n) is 1.74. The Hall–Kier alpha value is -0.0900. The van der Waals surface area contributed by atoms with Crippen LogP contribution in [0.2, 0.25) is 0 Å². The van der Waals surface area contributed by atoms with Gasteiger partial charge in [-0.3, -0.25) is 0 Å². The van der Waals surface area contributed by atoms with Gasteiger partial charge in [-0.25, -0.2) is 0 Å². The monoisotopic (exact) mass is 331 g/mol. The van der Waals surface area contributed by atoms with Gasteiger partial charge in [-0.05, 0) is 60.2 Å². The highest BCUT2D eigenvalue weighted by atomic mass is 127. The van der Waals surface area contributed by atoms with Crippen LogP contribution in [-0.2, 0) is 0 Å². The van der Waals surface area contributed by atoms with E-state index in [1.54, 1.807) is 0 Å². The molecule has 0 aliphatic rings. The largest absolute Gasteiger partial charge is 0.310 e. The zero-order valence-electron chi connectivity index (χ0n) is 10.3. The molecule has 0 aromatic heterocycles. The fourth-order valence-corrected chi connectivity index (χ4v) is 2.10. The van der Waals surface area contributed by atoms with Gasteiger partial charge in [-0.15, -0.1) is 0 Å². The van der Waals surface area contributed by atoms with E-state index >= 15 is 0 Å². The van der Waals surface area contributed by atoms with E-state index in [4.69, 9.17) is 0 Å². The van der Waals surface area contributed by atoms with Crippen molar-refractivity contribution in [1.29, 1.82) is 0 Å². The topological polar surface area (TPSA) is 12.0 Å². The first-order chi connectivity index (χ1) is 7.74. The molecule has 1 aromatic carbocycles. The van der Waals surface area contributed by atoms with Crippen LogP contribution in [0.3, 0.4) is 0 Å². The van der Waals surface area contributed by atoms with Gasteiger partial charge in [0, 0.05) is 9.61 Å². The van der Waals surface area contributed by atoms with Gasteiger partial charge < -0.3 is 5.32 Å². The molecule has 0 fully saturated rings. The average molecular weight is 331 g/mol. The highest BCUT2D eigenvalue weighted by Gasteiger charge is 2.03. The molecule has 0 amide bonds. The van der Waals surface area contributed by atoms with E-state index in [1.165, 1.54) is 34.8 Å². The second-order valence-corrected chi connectivity index (χ2v) is 5.53. The smallest absolute Gasteiger partial charge is 0.0291 e. The van der Waals surface area contributed by atoms with E-state index in [0.29, 0.717) is 6.04 Å². The van der Waals surface area contributed by atoms with Crippen LogP contribution < -0.4 is 5.32 Å². The third kappa shape index (κ3) is 5.30. The van der Waals surface area contributed by atoms with Crippen LogP contribution in [0.25, 0.3) is 0 Å². The van der Waals surface area contributed by atoms with Crippen LogP contribution >= 0.6 is 22.6 Å². The molecule has 0 saturated carbocycles. The Labute approximate surface area is 113 Å². The van der Waals surface area contributed by atoms with Gasteiger partial charge in [0.05, 0.1) is 0 Å². The molecule has 2 heteroatoms. The Morgan fingerprint density at radius 3 is 2.44 bits per heavy atom. The van der Waals surface area contributed by atoms with E-state index in [0.717, 1.165) is 6.54 Å². The van der Waals surface area contributed by atoms with Crippen LogP contribution in [0.1, 0.15) is 51.1 Å². The minimum absolute atomic E-state index is 0.471. The molecule has 1 unspecified atom stereocenters. The van der Waals surface area contributed by atoms with Gasteiger partial charge in [-0.2, -0.15) is 0 Å². The standard InChI is InChI=1S/C14H22IN/c1-3-4-5-6-11-16-12(2)13-7-9-14(15)10-8-13/h7-10,12,16H,3-6,11H2,1-2H3. The summed E-state index contributed by atoms with van der Waals surface area (Å²) >= 11 is 2.34. The maximum atomic E-state index is 3.57. The van der Waals surface area contributed by atoms with Gasteiger partial charge in [0.2, 0.25) is 0 Å². The molecule has 1 nitrogen and oxygen atoms in total. The van der Waals surface area contributed by atoms with Gasteiger partial charge >= 0.3 is 0 Å². The van der Waals surface area contributed by atoms with E-state index < -0.39 is 0 Å². The Bertz CT molecular complexity index is 281. The molecule has 1 N–H and O–H groups in total. The lowest BCUT2D eigenvalue weighted by molar-refractivity contribution is 0.536. The number of halogens is 1. The van der Waals surface area contributed by atoms with E-state index in [9.17, 15) is 0 Å². The normalized spacial score (nSPS) is 12.7. The predicted molar refractivity (Wildman–Crippen MR) is 79.7 cm³/mol. The number of hydrogen-bond donors (Lipinski definition) is 1. The molecule has 0 saturated heterocycles. The second-order valence-electron chi connectivity index (χ2n) is 4.29. The molecule has 1 rings (SSSR count). The first-order valence-electron chi connectivity index (χ1n) is 6.23. The predicted octanol–water partition coefficient (Wildman–Crippen LogP) is 4.52. The lowest BCUT2D eigenvalue weighted by Gasteiger charge is -2.14. The highest BCUT2D eigenvalue weighted by Crippen LogP contribution is 2.14. The molecule has 0 radical (unpaired) electrons. The van der Waals surface area contributed by atoms with Crippen molar-refractivity contribution in [2.24, 2.45) is 0 Å². The molecule has 0 aliphatic heterocycles. The van der Waals surface area contributed by atoms with E-state index in [2.05, 4.69) is 66.0 Å². The SMILES string of the molecule is CCCCCCNC(C)c1ccc(I)cc1. The lowest BCUT2D eigenvalue weighted by atomic mass is 10.1. The summed E-state index contributed by atoms with van der Waals surface area (Å²) in [5.74, 6) is 0. The van der Waals surface area contributed by atoms with Gasteiger partial charge in [0.1, 0.15) is 0 Å². The summed E-state index contributed by atoms with van der Waals surface area (Å²) in [5, 5.41) is 3.57. The summed E-state index contributed by atoms with van der Waals surface area (Å²) < 4.78 is 1.30. The number of hydrogen-bond acceptors (Lipinski definition) is 1. The summed E-state index contributed by atoms with van der Waals surface area (Å²) in [5.41, 5.74) is 1.39. The van der Waals surface area contributed by atoms with Crippen LogP contribution in [-0.4, -0.2) is 6.54 Å². The summed E-state index contributed by atoms with van der Waals surface area (Å²) in [4.78, 5) is 0. The summed E-state index contributed by atoms with van der Waals surface area (Å²) in [6.07, 6.45) is 5.32. The molecule has 0 spiro atoms. The van der Waals surface area contributed by atoms with E-state index in [1.807, 2.05) is 0 Å². The molecule has 90 valence electrons. The van der Waals surface area contributed by atoms with Crippen LogP contribution in [0.5, 0.6) is 0 Å².